The zero-order chi connectivity index (χ0) is 17.3. The second-order valence-electron chi connectivity index (χ2n) is 5.49. The van der Waals surface area contributed by atoms with Crippen LogP contribution in [0.5, 0.6) is 0 Å². The topological polar surface area (TPSA) is 105 Å². The van der Waals surface area contributed by atoms with Crippen molar-refractivity contribution in [2.75, 3.05) is 18.0 Å². The predicted molar refractivity (Wildman–Crippen MR) is 91.4 cm³/mol. The molecule has 24 heavy (non-hydrogen) atoms. The number of anilines is 1. The summed E-state index contributed by atoms with van der Waals surface area (Å²) in [6.45, 7) is 1.66. The highest BCUT2D eigenvalue weighted by Gasteiger charge is 2.27. The van der Waals surface area contributed by atoms with Gasteiger partial charge in [0.05, 0.1) is 4.92 Å². The lowest BCUT2D eigenvalue weighted by molar-refractivity contribution is -0.384. The average molecular weight is 346 g/mol. The van der Waals surface area contributed by atoms with Gasteiger partial charge in [-0.1, -0.05) is 0 Å². The standard InChI is InChI=1S/C15H14N4O4S/c20-13-11(14(21)17-15(24)16-13)8-9-7-10(19(22)23)3-4-12(9)18-5-1-2-6-18/h3-4,7-8H,1-2,5-6H2,(H2,16,17,20,21,24). The second-order valence-corrected chi connectivity index (χ2v) is 5.90. The Morgan fingerprint density at radius 2 is 1.79 bits per heavy atom. The number of hydrogen-bond acceptors (Lipinski definition) is 6. The number of nitrogens with zero attached hydrogens (tertiary/aromatic N) is 2. The lowest BCUT2D eigenvalue weighted by Gasteiger charge is -2.21. The van der Waals surface area contributed by atoms with E-state index < -0.39 is 16.7 Å². The molecule has 0 bridgehead atoms. The molecule has 2 amide bonds. The van der Waals surface area contributed by atoms with Gasteiger partial charge in [0.15, 0.2) is 5.11 Å². The molecule has 2 aliphatic rings. The van der Waals surface area contributed by atoms with E-state index >= 15 is 0 Å². The SMILES string of the molecule is O=C1NC(=S)NC(=O)C1=Cc1cc([N+](=O)[O-])ccc1N1CCCC1. The van der Waals surface area contributed by atoms with Gasteiger partial charge < -0.3 is 4.90 Å². The Kier molecular flexibility index (Phi) is 4.26. The lowest BCUT2D eigenvalue weighted by atomic mass is 10.1. The molecule has 2 N–H and O–H groups in total. The maximum atomic E-state index is 12.0. The summed E-state index contributed by atoms with van der Waals surface area (Å²) in [6.07, 6.45) is 3.43. The van der Waals surface area contributed by atoms with Crippen LogP contribution in [0, 0.1) is 10.1 Å². The van der Waals surface area contributed by atoms with Crippen LogP contribution in [-0.2, 0) is 9.59 Å². The summed E-state index contributed by atoms with van der Waals surface area (Å²) in [4.78, 5) is 36.6. The quantitative estimate of drug-likeness (QED) is 0.279. The summed E-state index contributed by atoms with van der Waals surface area (Å²) in [5.41, 5.74) is 0.986. The fourth-order valence-electron chi connectivity index (χ4n) is 2.78. The van der Waals surface area contributed by atoms with Gasteiger partial charge >= 0.3 is 0 Å². The highest BCUT2D eigenvalue weighted by molar-refractivity contribution is 7.80. The summed E-state index contributed by atoms with van der Waals surface area (Å²) in [5.74, 6) is -1.25. The molecule has 2 fully saturated rings. The van der Waals surface area contributed by atoms with Gasteiger partial charge in [0, 0.05) is 36.5 Å². The highest BCUT2D eigenvalue weighted by Crippen LogP contribution is 2.30. The van der Waals surface area contributed by atoms with Crippen LogP contribution in [0.1, 0.15) is 18.4 Å². The van der Waals surface area contributed by atoms with E-state index in [1.165, 1.54) is 18.2 Å². The third kappa shape index (κ3) is 3.11. The zero-order valence-corrected chi connectivity index (χ0v) is 13.4. The Bertz CT molecular complexity index is 762. The van der Waals surface area contributed by atoms with E-state index in [0.717, 1.165) is 31.6 Å². The first-order chi connectivity index (χ1) is 11.5. The van der Waals surface area contributed by atoms with Crippen molar-refractivity contribution in [1.82, 2.24) is 10.6 Å². The summed E-state index contributed by atoms with van der Waals surface area (Å²) in [7, 11) is 0. The molecule has 2 aliphatic heterocycles. The molecule has 0 radical (unpaired) electrons. The second kappa shape index (κ2) is 6.36. The third-order valence-corrected chi connectivity index (χ3v) is 4.12. The van der Waals surface area contributed by atoms with E-state index in [0.29, 0.717) is 5.56 Å². The fraction of sp³-hybridized carbons (Fsp3) is 0.267. The molecule has 1 aromatic rings. The summed E-state index contributed by atoms with van der Waals surface area (Å²) in [6, 6.07) is 4.44. The van der Waals surface area contributed by atoms with E-state index in [4.69, 9.17) is 12.2 Å². The van der Waals surface area contributed by atoms with Gasteiger partial charge in [-0.15, -0.1) is 0 Å². The largest absolute Gasteiger partial charge is 0.371 e. The molecular formula is C15H14N4O4S. The van der Waals surface area contributed by atoms with Crippen molar-refractivity contribution in [3.05, 3.63) is 39.4 Å². The van der Waals surface area contributed by atoms with Gasteiger partial charge in [0.2, 0.25) is 0 Å². The van der Waals surface area contributed by atoms with Crippen molar-refractivity contribution >= 4 is 46.6 Å². The first-order valence-corrected chi connectivity index (χ1v) is 7.78. The molecule has 2 saturated heterocycles. The minimum atomic E-state index is -0.623. The smallest absolute Gasteiger partial charge is 0.270 e. The minimum absolute atomic E-state index is 0.0547. The summed E-state index contributed by atoms with van der Waals surface area (Å²) in [5, 5.41) is 15.7. The number of carbonyl (C=O) groups is 2. The van der Waals surface area contributed by atoms with Gasteiger partial charge in [-0.05, 0) is 37.2 Å². The monoisotopic (exact) mass is 346 g/mol. The zero-order valence-electron chi connectivity index (χ0n) is 12.6. The van der Waals surface area contributed by atoms with E-state index in [-0.39, 0.29) is 16.4 Å². The molecule has 9 heteroatoms. The number of non-ortho nitro benzene ring substituents is 1. The molecule has 0 aliphatic carbocycles. The van der Waals surface area contributed by atoms with Crippen LogP contribution in [0.25, 0.3) is 6.08 Å². The van der Waals surface area contributed by atoms with E-state index in [1.807, 2.05) is 0 Å². The molecule has 2 heterocycles. The van der Waals surface area contributed by atoms with Crippen LogP contribution < -0.4 is 15.5 Å². The van der Waals surface area contributed by atoms with Crippen molar-refractivity contribution < 1.29 is 14.5 Å². The summed E-state index contributed by atoms with van der Waals surface area (Å²) >= 11 is 4.76. The fourth-order valence-corrected chi connectivity index (χ4v) is 2.96. The van der Waals surface area contributed by atoms with Crippen LogP contribution in [0.4, 0.5) is 11.4 Å². The molecule has 0 atom stereocenters. The molecular weight excluding hydrogens is 332 g/mol. The number of nitrogens with one attached hydrogen (secondary N) is 2. The molecule has 0 saturated carbocycles. The van der Waals surface area contributed by atoms with E-state index in [9.17, 15) is 19.7 Å². The van der Waals surface area contributed by atoms with Gasteiger partial charge in [-0.2, -0.15) is 0 Å². The van der Waals surface area contributed by atoms with Crippen molar-refractivity contribution in [2.45, 2.75) is 12.8 Å². The maximum Gasteiger partial charge on any atom is 0.270 e. The van der Waals surface area contributed by atoms with Gasteiger partial charge in [0.25, 0.3) is 17.5 Å². The molecule has 124 valence electrons. The highest BCUT2D eigenvalue weighted by atomic mass is 32.1. The first-order valence-electron chi connectivity index (χ1n) is 7.37. The first kappa shape index (κ1) is 16.1. The van der Waals surface area contributed by atoms with Crippen LogP contribution in [-0.4, -0.2) is 34.9 Å². The molecule has 0 spiro atoms. The third-order valence-electron chi connectivity index (χ3n) is 3.91. The normalized spacial score (nSPS) is 17.6. The molecule has 0 unspecified atom stereocenters. The van der Waals surface area contributed by atoms with Gasteiger partial charge in [0.1, 0.15) is 5.57 Å². The molecule has 3 rings (SSSR count). The molecule has 8 nitrogen and oxygen atoms in total. The maximum absolute atomic E-state index is 12.0. The van der Waals surface area contributed by atoms with Crippen LogP contribution in [0.15, 0.2) is 23.8 Å². The molecule has 1 aromatic carbocycles. The Morgan fingerprint density at radius 3 is 2.38 bits per heavy atom. The summed E-state index contributed by atoms with van der Waals surface area (Å²) < 4.78 is 0. The van der Waals surface area contributed by atoms with Crippen molar-refractivity contribution in [1.29, 1.82) is 0 Å². The van der Waals surface area contributed by atoms with E-state index in [2.05, 4.69) is 15.5 Å². The Hall–Kier alpha value is -2.81. The Morgan fingerprint density at radius 1 is 1.17 bits per heavy atom. The number of carbonyl (C=O) groups excluding carboxylic acids is 2. The predicted octanol–water partition coefficient (Wildman–Crippen LogP) is 1.11. The Labute approximate surface area is 142 Å². The lowest BCUT2D eigenvalue weighted by Crippen LogP contribution is -2.51. The van der Waals surface area contributed by atoms with Crippen molar-refractivity contribution in [3.8, 4) is 0 Å². The Balaban J connectivity index is 2.06. The van der Waals surface area contributed by atoms with Gasteiger partial charge in [-0.25, -0.2) is 0 Å². The van der Waals surface area contributed by atoms with Crippen molar-refractivity contribution in [2.24, 2.45) is 0 Å². The van der Waals surface area contributed by atoms with Gasteiger partial charge in [-0.3, -0.25) is 30.3 Å². The number of thiocarbonyl (C=S) groups is 1. The van der Waals surface area contributed by atoms with Crippen LogP contribution in [0.2, 0.25) is 0 Å². The number of amides is 2. The number of benzene rings is 1. The number of rotatable bonds is 3. The van der Waals surface area contributed by atoms with Crippen molar-refractivity contribution in [3.63, 3.8) is 0 Å². The molecule has 0 aromatic heterocycles. The van der Waals surface area contributed by atoms with Crippen LogP contribution >= 0.6 is 12.2 Å². The van der Waals surface area contributed by atoms with Crippen LogP contribution in [0.3, 0.4) is 0 Å². The number of nitro benzene ring substituents is 1. The van der Waals surface area contributed by atoms with E-state index in [1.54, 1.807) is 6.07 Å². The average Bonchev–Trinajstić information content (AvgIpc) is 3.04. The minimum Gasteiger partial charge on any atom is -0.371 e. The number of hydrogen-bond donors (Lipinski definition) is 2. The number of nitro groups is 1.